The monoisotopic (exact) mass is 295 g/mol. The van der Waals surface area contributed by atoms with Crippen LogP contribution in [-0.4, -0.2) is 22.8 Å². The number of aromatic nitrogens is 2. The van der Waals surface area contributed by atoms with Gasteiger partial charge in [0.05, 0.1) is 0 Å². The lowest BCUT2D eigenvalue weighted by molar-refractivity contribution is -0.0583. The van der Waals surface area contributed by atoms with Gasteiger partial charge in [0.1, 0.15) is 5.60 Å². The van der Waals surface area contributed by atoms with Crippen molar-refractivity contribution in [1.82, 2.24) is 10.1 Å². The van der Waals surface area contributed by atoms with Crippen molar-refractivity contribution in [2.24, 2.45) is 11.7 Å². The lowest BCUT2D eigenvalue weighted by Crippen LogP contribution is -2.34. The summed E-state index contributed by atoms with van der Waals surface area (Å²) in [6.07, 6.45) is 7.26. The Hall–Kier alpha value is -0.940. The van der Waals surface area contributed by atoms with E-state index in [0.29, 0.717) is 24.2 Å². The Kier molecular flexibility index (Phi) is 5.76. The molecule has 0 bridgehead atoms. The standard InChI is InChI=1S/C16H29N3O2/c1-4-16(5-2,20-6-3)15-18-14(21-19-15)11-12-9-7-8-10-13(12)17/h12-13H,4-11,17H2,1-3H3. The molecule has 1 aromatic heterocycles. The quantitative estimate of drug-likeness (QED) is 0.836. The minimum Gasteiger partial charge on any atom is -0.367 e. The van der Waals surface area contributed by atoms with Gasteiger partial charge in [0.15, 0.2) is 0 Å². The summed E-state index contributed by atoms with van der Waals surface area (Å²) in [5, 5.41) is 4.19. The maximum Gasteiger partial charge on any atom is 0.227 e. The van der Waals surface area contributed by atoms with Crippen LogP contribution < -0.4 is 5.73 Å². The van der Waals surface area contributed by atoms with Gasteiger partial charge in [-0.25, -0.2) is 0 Å². The fourth-order valence-electron chi connectivity index (χ4n) is 3.35. The fourth-order valence-corrected chi connectivity index (χ4v) is 3.35. The average Bonchev–Trinajstić information content (AvgIpc) is 2.96. The molecule has 1 heterocycles. The van der Waals surface area contributed by atoms with E-state index < -0.39 is 5.60 Å². The van der Waals surface area contributed by atoms with Crippen molar-refractivity contribution >= 4 is 0 Å². The van der Waals surface area contributed by atoms with E-state index in [1.54, 1.807) is 0 Å². The molecule has 0 saturated heterocycles. The van der Waals surface area contributed by atoms with Gasteiger partial charge in [0, 0.05) is 19.1 Å². The van der Waals surface area contributed by atoms with Gasteiger partial charge in [-0.2, -0.15) is 4.98 Å². The predicted octanol–water partition coefficient (Wildman–Crippen LogP) is 3.18. The SMILES string of the molecule is CCOC(CC)(CC)c1noc(CC2CCCCC2N)n1. The van der Waals surface area contributed by atoms with Crippen LogP contribution in [0, 0.1) is 5.92 Å². The molecular formula is C16H29N3O2. The predicted molar refractivity (Wildman–Crippen MR) is 81.8 cm³/mol. The summed E-state index contributed by atoms with van der Waals surface area (Å²) in [6, 6.07) is 0.267. The van der Waals surface area contributed by atoms with Gasteiger partial charge in [0.25, 0.3) is 0 Å². The molecule has 2 N–H and O–H groups in total. The van der Waals surface area contributed by atoms with Crippen molar-refractivity contribution in [3.8, 4) is 0 Å². The zero-order valence-electron chi connectivity index (χ0n) is 13.6. The molecule has 1 aliphatic rings. The summed E-state index contributed by atoms with van der Waals surface area (Å²) in [5.74, 6) is 1.86. The summed E-state index contributed by atoms with van der Waals surface area (Å²) >= 11 is 0. The van der Waals surface area contributed by atoms with Gasteiger partial charge >= 0.3 is 0 Å². The van der Waals surface area contributed by atoms with Crippen molar-refractivity contribution in [1.29, 1.82) is 0 Å². The highest BCUT2D eigenvalue weighted by Crippen LogP contribution is 2.32. The summed E-state index contributed by atoms with van der Waals surface area (Å²) in [7, 11) is 0. The second-order valence-electron chi connectivity index (χ2n) is 6.06. The van der Waals surface area contributed by atoms with Gasteiger partial charge < -0.3 is 15.0 Å². The van der Waals surface area contributed by atoms with Gasteiger partial charge in [-0.15, -0.1) is 0 Å². The van der Waals surface area contributed by atoms with E-state index >= 15 is 0 Å². The van der Waals surface area contributed by atoms with Crippen molar-refractivity contribution in [2.75, 3.05) is 6.61 Å². The molecule has 0 spiro atoms. The summed E-state index contributed by atoms with van der Waals surface area (Å²) in [4.78, 5) is 4.61. The zero-order chi connectivity index (χ0) is 15.3. The van der Waals surface area contributed by atoms with Gasteiger partial charge in [0.2, 0.25) is 11.7 Å². The lowest BCUT2D eigenvalue weighted by Gasteiger charge is -2.28. The molecule has 21 heavy (non-hydrogen) atoms. The second kappa shape index (κ2) is 7.36. The van der Waals surface area contributed by atoms with Gasteiger partial charge in [-0.05, 0) is 38.5 Å². The molecule has 0 aliphatic heterocycles. The van der Waals surface area contributed by atoms with E-state index in [2.05, 4.69) is 24.0 Å². The molecule has 2 rings (SSSR count). The minimum absolute atomic E-state index is 0.267. The van der Waals surface area contributed by atoms with Crippen LogP contribution in [-0.2, 0) is 16.8 Å². The van der Waals surface area contributed by atoms with Gasteiger partial charge in [-0.1, -0.05) is 31.8 Å². The zero-order valence-corrected chi connectivity index (χ0v) is 13.6. The first-order valence-electron chi connectivity index (χ1n) is 8.37. The Morgan fingerprint density at radius 2 is 1.95 bits per heavy atom. The number of nitrogens with two attached hydrogens (primary N) is 1. The molecule has 1 aromatic rings. The van der Waals surface area contributed by atoms with E-state index in [0.717, 1.165) is 32.1 Å². The van der Waals surface area contributed by atoms with E-state index in [9.17, 15) is 0 Å². The normalized spacial score (nSPS) is 23.4. The number of hydrogen-bond acceptors (Lipinski definition) is 5. The number of nitrogens with zero attached hydrogens (tertiary/aromatic N) is 2. The van der Waals surface area contributed by atoms with E-state index in [4.69, 9.17) is 15.0 Å². The highest BCUT2D eigenvalue weighted by atomic mass is 16.5. The molecule has 2 atom stereocenters. The van der Waals surface area contributed by atoms with Crippen LogP contribution >= 0.6 is 0 Å². The molecule has 5 nitrogen and oxygen atoms in total. The number of rotatable bonds is 7. The van der Waals surface area contributed by atoms with Crippen LogP contribution in [0.4, 0.5) is 0 Å². The van der Waals surface area contributed by atoms with Crippen molar-refractivity contribution in [3.05, 3.63) is 11.7 Å². The second-order valence-corrected chi connectivity index (χ2v) is 6.06. The highest BCUT2D eigenvalue weighted by Gasteiger charge is 2.35. The summed E-state index contributed by atoms with van der Waals surface area (Å²) < 4.78 is 11.4. The molecule has 2 unspecified atom stereocenters. The molecule has 0 radical (unpaired) electrons. The molecular weight excluding hydrogens is 266 g/mol. The Morgan fingerprint density at radius 3 is 2.57 bits per heavy atom. The molecule has 1 aliphatic carbocycles. The maximum absolute atomic E-state index is 6.20. The third-order valence-corrected chi connectivity index (χ3v) is 4.84. The molecule has 0 aromatic carbocycles. The summed E-state index contributed by atoms with van der Waals surface area (Å²) in [5.41, 5.74) is 5.79. The van der Waals surface area contributed by atoms with E-state index in [1.807, 2.05) is 6.92 Å². The van der Waals surface area contributed by atoms with Crippen LogP contribution in [0.1, 0.15) is 71.0 Å². The Bertz CT molecular complexity index is 429. The highest BCUT2D eigenvalue weighted by molar-refractivity contribution is 5.02. The number of ether oxygens (including phenoxy) is 1. The topological polar surface area (TPSA) is 74.2 Å². The molecule has 0 amide bonds. The van der Waals surface area contributed by atoms with Crippen molar-refractivity contribution in [3.63, 3.8) is 0 Å². The molecule has 120 valence electrons. The van der Waals surface area contributed by atoms with Crippen LogP contribution in [0.25, 0.3) is 0 Å². The lowest BCUT2D eigenvalue weighted by atomic mass is 9.83. The molecule has 1 saturated carbocycles. The third kappa shape index (κ3) is 3.64. The van der Waals surface area contributed by atoms with Crippen molar-refractivity contribution in [2.45, 2.75) is 77.4 Å². The first kappa shape index (κ1) is 16.4. The van der Waals surface area contributed by atoms with Gasteiger partial charge in [-0.3, -0.25) is 0 Å². The Balaban J connectivity index is 2.09. The van der Waals surface area contributed by atoms with Crippen LogP contribution in [0.15, 0.2) is 4.52 Å². The van der Waals surface area contributed by atoms with E-state index in [-0.39, 0.29) is 6.04 Å². The minimum atomic E-state index is -0.412. The number of hydrogen-bond donors (Lipinski definition) is 1. The first-order chi connectivity index (χ1) is 10.1. The van der Waals surface area contributed by atoms with Crippen LogP contribution in [0.2, 0.25) is 0 Å². The Labute approximate surface area is 127 Å². The van der Waals surface area contributed by atoms with E-state index in [1.165, 1.54) is 12.8 Å². The largest absolute Gasteiger partial charge is 0.367 e. The average molecular weight is 295 g/mol. The molecule has 5 heteroatoms. The Morgan fingerprint density at radius 1 is 1.24 bits per heavy atom. The fraction of sp³-hybridized carbons (Fsp3) is 0.875. The van der Waals surface area contributed by atoms with Crippen LogP contribution in [0.5, 0.6) is 0 Å². The van der Waals surface area contributed by atoms with Crippen molar-refractivity contribution < 1.29 is 9.26 Å². The molecule has 1 fully saturated rings. The third-order valence-electron chi connectivity index (χ3n) is 4.84. The summed E-state index contributed by atoms with van der Waals surface area (Å²) in [6.45, 7) is 6.86. The maximum atomic E-state index is 6.20. The smallest absolute Gasteiger partial charge is 0.227 e. The van der Waals surface area contributed by atoms with Crippen LogP contribution in [0.3, 0.4) is 0 Å². The first-order valence-corrected chi connectivity index (χ1v) is 8.37.